The third-order valence-corrected chi connectivity index (χ3v) is 5.45. The first-order chi connectivity index (χ1) is 15.1. The number of nitrogens with zero attached hydrogens (tertiary/aromatic N) is 2. The summed E-state index contributed by atoms with van der Waals surface area (Å²) in [5, 5.41) is 0. The molecule has 0 aliphatic carbocycles. The molecule has 31 heavy (non-hydrogen) atoms. The van der Waals surface area contributed by atoms with Crippen molar-refractivity contribution in [3.05, 3.63) is 60.7 Å². The molecule has 6 nitrogen and oxygen atoms in total. The normalized spacial score (nSPS) is 16.2. The number of hydrogen-bond acceptors (Lipinski definition) is 4. The van der Waals surface area contributed by atoms with Crippen LogP contribution in [0.1, 0.15) is 33.1 Å². The van der Waals surface area contributed by atoms with Crippen LogP contribution in [0.2, 0.25) is 0 Å². The van der Waals surface area contributed by atoms with Crippen molar-refractivity contribution in [3.8, 4) is 11.5 Å². The average Bonchev–Trinajstić information content (AvgIpc) is 3.08. The van der Waals surface area contributed by atoms with E-state index < -0.39 is 12.2 Å². The number of rotatable bonds is 8. The zero-order chi connectivity index (χ0) is 22.1. The van der Waals surface area contributed by atoms with E-state index in [0.717, 1.165) is 6.42 Å². The van der Waals surface area contributed by atoms with Gasteiger partial charge in [-0.25, -0.2) is 0 Å². The highest BCUT2D eigenvalue weighted by atomic mass is 16.5. The molecule has 0 bridgehead atoms. The summed E-state index contributed by atoms with van der Waals surface area (Å²) in [6.07, 6.45) is 0.885. The van der Waals surface area contributed by atoms with Crippen LogP contribution in [0, 0.1) is 0 Å². The molecule has 2 amide bonds. The highest BCUT2D eigenvalue weighted by Crippen LogP contribution is 2.17. The minimum absolute atomic E-state index is 0.0202. The number of hydrogen-bond donors (Lipinski definition) is 0. The Labute approximate surface area is 184 Å². The van der Waals surface area contributed by atoms with E-state index in [9.17, 15) is 9.59 Å². The molecule has 1 aliphatic rings. The minimum Gasteiger partial charge on any atom is -0.481 e. The smallest absolute Gasteiger partial charge is 0.263 e. The fourth-order valence-corrected chi connectivity index (χ4v) is 3.71. The monoisotopic (exact) mass is 424 g/mol. The summed E-state index contributed by atoms with van der Waals surface area (Å²) in [6, 6.07) is 18.8. The molecule has 2 aromatic rings. The zero-order valence-electron chi connectivity index (χ0n) is 18.4. The van der Waals surface area contributed by atoms with Crippen LogP contribution in [0.5, 0.6) is 11.5 Å². The van der Waals surface area contributed by atoms with Crippen molar-refractivity contribution >= 4 is 11.8 Å². The summed E-state index contributed by atoms with van der Waals surface area (Å²) in [5.41, 5.74) is 0. The highest BCUT2D eigenvalue weighted by molar-refractivity contribution is 5.83. The maximum absolute atomic E-state index is 13.1. The molecule has 1 heterocycles. The van der Waals surface area contributed by atoms with Crippen molar-refractivity contribution in [2.24, 2.45) is 0 Å². The van der Waals surface area contributed by atoms with Crippen molar-refractivity contribution in [1.29, 1.82) is 0 Å². The van der Waals surface area contributed by atoms with Crippen molar-refractivity contribution in [2.45, 2.75) is 45.3 Å². The van der Waals surface area contributed by atoms with E-state index in [2.05, 4.69) is 0 Å². The second kappa shape index (κ2) is 11.4. The molecule has 0 N–H and O–H groups in total. The van der Waals surface area contributed by atoms with Gasteiger partial charge in [0.25, 0.3) is 11.8 Å². The summed E-state index contributed by atoms with van der Waals surface area (Å²) in [7, 11) is 0. The van der Waals surface area contributed by atoms with E-state index >= 15 is 0 Å². The molecule has 1 aliphatic heterocycles. The lowest BCUT2D eigenvalue weighted by atomic mass is 10.2. The van der Waals surface area contributed by atoms with Gasteiger partial charge in [0.05, 0.1) is 0 Å². The van der Waals surface area contributed by atoms with Crippen molar-refractivity contribution in [1.82, 2.24) is 9.80 Å². The van der Waals surface area contributed by atoms with Gasteiger partial charge in [-0.15, -0.1) is 0 Å². The van der Waals surface area contributed by atoms with E-state index in [1.54, 1.807) is 0 Å². The Morgan fingerprint density at radius 2 is 1.10 bits per heavy atom. The highest BCUT2D eigenvalue weighted by Gasteiger charge is 2.30. The van der Waals surface area contributed by atoms with Gasteiger partial charge in [-0.1, -0.05) is 50.2 Å². The molecule has 166 valence electrons. The van der Waals surface area contributed by atoms with E-state index in [-0.39, 0.29) is 11.8 Å². The third-order valence-electron chi connectivity index (χ3n) is 5.45. The standard InChI is InChI=1S/C25H32N2O4/c1-3-22(30-20-12-7-5-8-13-20)24(28)26-16-11-17-27(19-18-26)25(29)23(4-2)31-21-14-9-6-10-15-21/h5-10,12-15,22-23H,3-4,11,16-19H2,1-2H3. The maximum Gasteiger partial charge on any atom is 0.263 e. The van der Waals surface area contributed by atoms with Crippen LogP contribution in [-0.4, -0.2) is 60.0 Å². The number of amides is 2. The summed E-state index contributed by atoms with van der Waals surface area (Å²) < 4.78 is 11.8. The zero-order valence-corrected chi connectivity index (χ0v) is 18.4. The van der Waals surface area contributed by atoms with Crippen LogP contribution in [-0.2, 0) is 9.59 Å². The Balaban J connectivity index is 1.58. The van der Waals surface area contributed by atoms with Gasteiger partial charge in [0.2, 0.25) is 0 Å². The van der Waals surface area contributed by atoms with E-state index in [1.165, 1.54) is 0 Å². The predicted molar refractivity (Wildman–Crippen MR) is 120 cm³/mol. The van der Waals surface area contributed by atoms with Gasteiger partial charge < -0.3 is 19.3 Å². The fourth-order valence-electron chi connectivity index (χ4n) is 3.71. The summed E-state index contributed by atoms with van der Waals surface area (Å²) in [6.45, 7) is 6.14. The largest absolute Gasteiger partial charge is 0.481 e. The Morgan fingerprint density at radius 1 is 0.710 bits per heavy atom. The molecular weight excluding hydrogens is 392 g/mol. The Morgan fingerprint density at radius 3 is 1.45 bits per heavy atom. The lowest BCUT2D eigenvalue weighted by Gasteiger charge is -2.27. The number of benzene rings is 2. The molecule has 3 rings (SSSR count). The summed E-state index contributed by atoms with van der Waals surface area (Å²) in [5.74, 6) is 1.35. The number of carbonyl (C=O) groups excluding carboxylic acids is 2. The van der Waals surface area contributed by atoms with Crippen LogP contribution in [0.4, 0.5) is 0 Å². The topological polar surface area (TPSA) is 59.1 Å². The van der Waals surface area contributed by atoms with Gasteiger partial charge in [0, 0.05) is 26.2 Å². The van der Waals surface area contributed by atoms with Crippen LogP contribution in [0.15, 0.2) is 60.7 Å². The Hall–Kier alpha value is -3.02. The van der Waals surface area contributed by atoms with Gasteiger partial charge in [-0.2, -0.15) is 0 Å². The Bertz CT molecular complexity index is 758. The molecule has 1 fully saturated rings. The Kier molecular flexibility index (Phi) is 8.33. The van der Waals surface area contributed by atoms with Crippen molar-refractivity contribution < 1.29 is 19.1 Å². The quantitative estimate of drug-likeness (QED) is 0.647. The van der Waals surface area contributed by atoms with Crippen molar-refractivity contribution in [3.63, 3.8) is 0 Å². The molecular formula is C25H32N2O4. The van der Waals surface area contributed by atoms with Crippen LogP contribution >= 0.6 is 0 Å². The number of ether oxygens (including phenoxy) is 2. The molecule has 0 saturated carbocycles. The molecule has 2 aromatic carbocycles. The lowest BCUT2D eigenvalue weighted by Crippen LogP contribution is -2.46. The third kappa shape index (κ3) is 6.23. The predicted octanol–water partition coefficient (Wildman–Crippen LogP) is 3.76. The number of para-hydroxylation sites is 2. The van der Waals surface area contributed by atoms with Crippen LogP contribution in [0.3, 0.4) is 0 Å². The van der Waals surface area contributed by atoms with E-state index in [4.69, 9.17) is 9.47 Å². The summed E-state index contributed by atoms with van der Waals surface area (Å²) >= 11 is 0. The molecule has 1 saturated heterocycles. The fraction of sp³-hybridized carbons (Fsp3) is 0.440. The molecule has 0 radical (unpaired) electrons. The average molecular weight is 425 g/mol. The van der Waals surface area contributed by atoms with Crippen LogP contribution < -0.4 is 9.47 Å². The first-order valence-electron chi connectivity index (χ1n) is 11.1. The molecule has 0 spiro atoms. The SMILES string of the molecule is CCC(Oc1ccccc1)C(=O)N1CCCN(C(=O)C(CC)Oc2ccccc2)CC1. The molecule has 2 atom stereocenters. The minimum atomic E-state index is -0.519. The van der Waals surface area contributed by atoms with Gasteiger partial charge in [0.15, 0.2) is 12.2 Å². The lowest BCUT2D eigenvalue weighted by molar-refractivity contribution is -0.141. The summed E-state index contributed by atoms with van der Waals surface area (Å²) in [4.78, 5) is 29.8. The first kappa shape index (κ1) is 22.7. The van der Waals surface area contributed by atoms with E-state index in [0.29, 0.717) is 50.5 Å². The van der Waals surface area contributed by atoms with Crippen molar-refractivity contribution in [2.75, 3.05) is 26.2 Å². The molecule has 0 aromatic heterocycles. The molecule has 6 heteroatoms. The van der Waals surface area contributed by atoms with Gasteiger partial charge in [-0.05, 0) is 43.5 Å². The maximum atomic E-state index is 13.1. The second-order valence-corrected chi connectivity index (χ2v) is 7.66. The van der Waals surface area contributed by atoms with Crippen LogP contribution in [0.25, 0.3) is 0 Å². The number of carbonyl (C=O) groups is 2. The second-order valence-electron chi connectivity index (χ2n) is 7.66. The van der Waals surface area contributed by atoms with Gasteiger partial charge in [0.1, 0.15) is 11.5 Å². The van der Waals surface area contributed by atoms with Gasteiger partial charge >= 0.3 is 0 Å². The first-order valence-corrected chi connectivity index (χ1v) is 11.1. The molecule has 2 unspecified atom stereocenters. The van der Waals surface area contributed by atoms with E-state index in [1.807, 2.05) is 84.3 Å². The van der Waals surface area contributed by atoms with Gasteiger partial charge in [-0.3, -0.25) is 9.59 Å².